The highest BCUT2D eigenvalue weighted by Crippen LogP contribution is 2.38. The molecule has 16 heavy (non-hydrogen) atoms. The third-order valence-electron chi connectivity index (χ3n) is 2.22. The van der Waals surface area contributed by atoms with Gasteiger partial charge in [0.2, 0.25) is 5.75 Å². The molecule has 1 atom stereocenters. The first-order valence-corrected chi connectivity index (χ1v) is 4.51. The molecule has 0 radical (unpaired) electrons. The van der Waals surface area contributed by atoms with Crippen LogP contribution in [0.1, 0.15) is 18.4 Å². The van der Waals surface area contributed by atoms with Gasteiger partial charge in [0, 0.05) is 12.0 Å². The average molecular weight is 225 g/mol. The molecule has 0 aliphatic rings. The number of nitro benzene ring substituents is 1. The molecule has 0 amide bonds. The van der Waals surface area contributed by atoms with Crippen LogP contribution < -0.4 is 4.74 Å². The van der Waals surface area contributed by atoms with Crippen LogP contribution in [-0.2, 0) is 4.79 Å². The number of phenolic OH excluding ortho intramolecular Hbond substituents is 1. The van der Waals surface area contributed by atoms with Crippen molar-refractivity contribution in [3.05, 3.63) is 27.8 Å². The fraction of sp³-hybridized carbons (Fsp3) is 0.300. The summed E-state index contributed by atoms with van der Waals surface area (Å²) in [5.74, 6) is -1.04. The maximum absolute atomic E-state index is 10.7. The first-order valence-electron chi connectivity index (χ1n) is 4.51. The summed E-state index contributed by atoms with van der Waals surface area (Å²) in [4.78, 5) is 20.5. The van der Waals surface area contributed by atoms with E-state index in [4.69, 9.17) is 4.74 Å². The summed E-state index contributed by atoms with van der Waals surface area (Å²) in [5.41, 5.74) is -0.0422. The molecule has 86 valence electrons. The van der Waals surface area contributed by atoms with Crippen LogP contribution in [0.5, 0.6) is 11.5 Å². The van der Waals surface area contributed by atoms with E-state index in [-0.39, 0.29) is 5.75 Å². The van der Waals surface area contributed by atoms with Crippen molar-refractivity contribution in [3.8, 4) is 11.5 Å². The van der Waals surface area contributed by atoms with E-state index >= 15 is 0 Å². The molecule has 6 heteroatoms. The summed E-state index contributed by atoms with van der Waals surface area (Å²) in [5, 5.41) is 20.1. The van der Waals surface area contributed by atoms with Gasteiger partial charge in [0.15, 0.2) is 5.75 Å². The number of nitrogens with zero attached hydrogens (tertiary/aromatic N) is 1. The molecule has 0 saturated heterocycles. The van der Waals surface area contributed by atoms with Gasteiger partial charge in [0.05, 0.1) is 12.0 Å². The van der Waals surface area contributed by atoms with E-state index in [1.54, 1.807) is 6.92 Å². The molecule has 0 aliphatic heterocycles. The normalized spacial score (nSPS) is 11.9. The summed E-state index contributed by atoms with van der Waals surface area (Å²) in [6.45, 7) is 1.60. The Bertz CT molecular complexity index is 429. The summed E-state index contributed by atoms with van der Waals surface area (Å²) in [6.07, 6.45) is 0.662. The molecule has 6 nitrogen and oxygen atoms in total. The van der Waals surface area contributed by atoms with Gasteiger partial charge < -0.3 is 14.6 Å². The number of hydrogen-bond acceptors (Lipinski definition) is 5. The van der Waals surface area contributed by atoms with E-state index < -0.39 is 22.3 Å². The lowest BCUT2D eigenvalue weighted by molar-refractivity contribution is -0.386. The van der Waals surface area contributed by atoms with Crippen LogP contribution in [0.3, 0.4) is 0 Å². The van der Waals surface area contributed by atoms with Crippen LogP contribution in [0.25, 0.3) is 0 Å². The topological polar surface area (TPSA) is 89.7 Å². The summed E-state index contributed by atoms with van der Waals surface area (Å²) >= 11 is 0. The molecule has 0 aliphatic carbocycles. The van der Waals surface area contributed by atoms with Gasteiger partial charge in [-0.15, -0.1) is 0 Å². The van der Waals surface area contributed by atoms with E-state index in [1.165, 1.54) is 13.2 Å². The van der Waals surface area contributed by atoms with Crippen molar-refractivity contribution < 1.29 is 19.6 Å². The SMILES string of the molecule is COc1cc(C(C)C=O)cc([N+](=O)[O-])c1O. The highest BCUT2D eigenvalue weighted by atomic mass is 16.6. The molecule has 0 spiro atoms. The van der Waals surface area contributed by atoms with Crippen LogP contribution in [0.15, 0.2) is 12.1 Å². The smallest absolute Gasteiger partial charge is 0.314 e. The molecule has 0 heterocycles. The third kappa shape index (κ3) is 2.10. The summed E-state index contributed by atoms with van der Waals surface area (Å²) < 4.78 is 4.80. The number of rotatable bonds is 4. The van der Waals surface area contributed by atoms with Gasteiger partial charge in [-0.25, -0.2) is 0 Å². The van der Waals surface area contributed by atoms with Gasteiger partial charge >= 0.3 is 5.69 Å². The van der Waals surface area contributed by atoms with Crippen molar-refractivity contribution in [3.63, 3.8) is 0 Å². The molecule has 1 N–H and O–H groups in total. The second kappa shape index (κ2) is 4.61. The highest BCUT2D eigenvalue weighted by molar-refractivity contribution is 5.66. The van der Waals surface area contributed by atoms with Gasteiger partial charge in [0.1, 0.15) is 6.29 Å². The Morgan fingerprint density at radius 3 is 2.62 bits per heavy atom. The lowest BCUT2D eigenvalue weighted by Gasteiger charge is -2.09. The Balaban J connectivity index is 3.39. The van der Waals surface area contributed by atoms with Crippen LogP contribution in [0, 0.1) is 10.1 Å². The zero-order valence-corrected chi connectivity index (χ0v) is 8.84. The number of ether oxygens (including phenoxy) is 1. The fourth-order valence-corrected chi connectivity index (χ4v) is 1.25. The Kier molecular flexibility index (Phi) is 3.44. The fourth-order valence-electron chi connectivity index (χ4n) is 1.25. The first kappa shape index (κ1) is 12.0. The Labute approximate surface area is 91.6 Å². The number of aromatic hydroxyl groups is 1. The minimum atomic E-state index is -0.723. The number of carbonyl (C=O) groups excluding carboxylic acids is 1. The molecule has 0 saturated carbocycles. The molecule has 1 aromatic rings. The lowest BCUT2D eigenvalue weighted by Crippen LogP contribution is -1.99. The van der Waals surface area contributed by atoms with Gasteiger partial charge in [-0.05, 0) is 11.6 Å². The predicted molar refractivity (Wildman–Crippen MR) is 55.8 cm³/mol. The number of hydrogen-bond donors (Lipinski definition) is 1. The van der Waals surface area contributed by atoms with E-state index in [9.17, 15) is 20.0 Å². The number of carbonyl (C=O) groups is 1. The standard InChI is InChI=1S/C10H11NO5/c1-6(5-12)7-3-8(11(14)15)10(13)9(4-7)16-2/h3-6,13H,1-2H3. The molecule has 0 fully saturated rings. The molecule has 0 bridgehead atoms. The molecule has 1 rings (SSSR count). The summed E-state index contributed by atoms with van der Waals surface area (Å²) in [7, 11) is 1.29. The van der Waals surface area contributed by atoms with E-state index in [0.29, 0.717) is 11.8 Å². The number of aldehydes is 1. The minimum Gasteiger partial charge on any atom is -0.500 e. The monoisotopic (exact) mass is 225 g/mol. The molecular formula is C10H11NO5. The molecular weight excluding hydrogens is 214 g/mol. The van der Waals surface area contributed by atoms with E-state index in [0.717, 1.165) is 6.07 Å². The molecule has 0 aromatic heterocycles. The van der Waals surface area contributed by atoms with Crippen LogP contribution in [0.4, 0.5) is 5.69 Å². The van der Waals surface area contributed by atoms with E-state index in [1.807, 2.05) is 0 Å². The van der Waals surface area contributed by atoms with Crippen LogP contribution in [-0.4, -0.2) is 23.4 Å². The second-order valence-electron chi connectivity index (χ2n) is 3.27. The quantitative estimate of drug-likeness (QED) is 0.477. The lowest BCUT2D eigenvalue weighted by atomic mass is 10.0. The maximum Gasteiger partial charge on any atom is 0.314 e. The van der Waals surface area contributed by atoms with Crippen LogP contribution >= 0.6 is 0 Å². The van der Waals surface area contributed by atoms with Gasteiger partial charge in [-0.3, -0.25) is 10.1 Å². The Morgan fingerprint density at radius 1 is 1.56 bits per heavy atom. The van der Waals surface area contributed by atoms with Gasteiger partial charge in [0.25, 0.3) is 0 Å². The number of benzene rings is 1. The second-order valence-corrected chi connectivity index (χ2v) is 3.27. The zero-order valence-electron chi connectivity index (χ0n) is 8.84. The molecule has 1 unspecified atom stereocenters. The largest absolute Gasteiger partial charge is 0.500 e. The third-order valence-corrected chi connectivity index (χ3v) is 2.22. The molecule has 1 aromatic carbocycles. The van der Waals surface area contributed by atoms with Crippen molar-refractivity contribution in [1.29, 1.82) is 0 Å². The van der Waals surface area contributed by atoms with Crippen molar-refractivity contribution >= 4 is 12.0 Å². The van der Waals surface area contributed by atoms with Crippen molar-refractivity contribution in [2.24, 2.45) is 0 Å². The highest BCUT2D eigenvalue weighted by Gasteiger charge is 2.21. The zero-order chi connectivity index (χ0) is 12.3. The minimum absolute atomic E-state index is 0.0158. The maximum atomic E-state index is 10.7. The average Bonchev–Trinajstić information content (AvgIpc) is 2.27. The number of phenols is 1. The van der Waals surface area contributed by atoms with Crippen molar-refractivity contribution in [1.82, 2.24) is 0 Å². The summed E-state index contributed by atoms with van der Waals surface area (Å²) in [6, 6.07) is 2.57. The predicted octanol–water partition coefficient (Wildman–Crippen LogP) is 1.61. The van der Waals surface area contributed by atoms with Crippen molar-refractivity contribution in [2.75, 3.05) is 7.11 Å². The van der Waals surface area contributed by atoms with Crippen molar-refractivity contribution in [2.45, 2.75) is 12.8 Å². The number of methoxy groups -OCH3 is 1. The Hall–Kier alpha value is -2.11. The van der Waals surface area contributed by atoms with Crippen LogP contribution in [0.2, 0.25) is 0 Å². The number of nitro groups is 1. The van der Waals surface area contributed by atoms with Gasteiger partial charge in [-0.2, -0.15) is 0 Å². The first-order chi connectivity index (χ1) is 7.51. The van der Waals surface area contributed by atoms with Gasteiger partial charge in [-0.1, -0.05) is 6.92 Å². The Morgan fingerprint density at radius 2 is 2.19 bits per heavy atom. The van der Waals surface area contributed by atoms with E-state index in [2.05, 4.69) is 0 Å².